The molecule has 1 aromatic rings. The number of nitrogens with zero attached hydrogens (tertiary/aromatic N) is 1. The van der Waals surface area contributed by atoms with E-state index in [0.717, 1.165) is 0 Å². The van der Waals surface area contributed by atoms with Crippen LogP contribution in [0.2, 0.25) is 0 Å². The lowest BCUT2D eigenvalue weighted by Crippen LogP contribution is -2.09. The molecule has 1 aromatic heterocycles. The van der Waals surface area contributed by atoms with Crippen molar-refractivity contribution in [1.82, 2.24) is 15.0 Å². The Morgan fingerprint density at radius 1 is 1.46 bits per heavy atom. The predicted octanol–water partition coefficient (Wildman–Crippen LogP) is 1.89. The molecule has 0 aliphatic rings. The van der Waals surface area contributed by atoms with Crippen molar-refractivity contribution in [3.05, 3.63) is 15.4 Å². The number of aromatic nitrogens is 3. The fourth-order valence-corrected chi connectivity index (χ4v) is 1.27. The van der Waals surface area contributed by atoms with E-state index in [9.17, 15) is 4.79 Å². The number of carbonyl (C=O) groups excluding carboxylic acids is 1. The summed E-state index contributed by atoms with van der Waals surface area (Å²) in [4.78, 5) is 20.4. The highest BCUT2D eigenvalue weighted by atomic mass is 32.1. The molecule has 0 amide bonds. The van der Waals surface area contributed by atoms with Gasteiger partial charge in [0.2, 0.25) is 4.77 Å². The van der Waals surface area contributed by atoms with Crippen molar-refractivity contribution in [3.8, 4) is 0 Å². The van der Waals surface area contributed by atoms with Gasteiger partial charge in [0.1, 0.15) is 11.6 Å². The second-order valence-electron chi connectivity index (χ2n) is 2.71. The number of nitrogens with one attached hydrogen (secondary N) is 2. The molecule has 0 aromatic carbocycles. The first kappa shape index (κ1) is 10.2. The van der Waals surface area contributed by atoms with E-state index in [2.05, 4.69) is 15.0 Å². The van der Waals surface area contributed by atoms with Crippen molar-refractivity contribution in [2.45, 2.75) is 19.8 Å². The Morgan fingerprint density at radius 2 is 2.08 bits per heavy atom. The summed E-state index contributed by atoms with van der Waals surface area (Å²) in [6.45, 7) is 3.26. The molecule has 0 aliphatic heterocycles. The molecule has 1 unspecified atom stereocenters. The van der Waals surface area contributed by atoms with Gasteiger partial charge in [0.05, 0.1) is 5.92 Å². The van der Waals surface area contributed by atoms with Gasteiger partial charge < -0.3 is 9.97 Å². The van der Waals surface area contributed by atoms with E-state index in [1.165, 1.54) is 6.92 Å². The first-order chi connectivity index (χ1) is 6.00. The van der Waals surface area contributed by atoms with Gasteiger partial charge in [0.15, 0.2) is 4.77 Å². The average molecular weight is 215 g/mol. The summed E-state index contributed by atoms with van der Waals surface area (Å²) in [6.07, 6.45) is 0. The molecule has 1 atom stereocenters. The fourth-order valence-electron chi connectivity index (χ4n) is 0.808. The van der Waals surface area contributed by atoms with Crippen LogP contribution in [0.1, 0.15) is 25.6 Å². The molecule has 70 valence electrons. The zero-order chi connectivity index (χ0) is 10.0. The Hall–Kier alpha value is -0.880. The zero-order valence-electron chi connectivity index (χ0n) is 7.25. The topological polar surface area (TPSA) is 61.5 Å². The first-order valence-electron chi connectivity index (χ1n) is 3.71. The summed E-state index contributed by atoms with van der Waals surface area (Å²) in [7, 11) is 0. The van der Waals surface area contributed by atoms with Crippen LogP contribution in [0, 0.1) is 9.54 Å². The highest BCUT2D eigenvalue weighted by Crippen LogP contribution is 2.09. The van der Waals surface area contributed by atoms with Crippen LogP contribution < -0.4 is 0 Å². The van der Waals surface area contributed by atoms with Crippen LogP contribution in [0.4, 0.5) is 0 Å². The highest BCUT2D eigenvalue weighted by Gasteiger charge is 2.12. The summed E-state index contributed by atoms with van der Waals surface area (Å²) < 4.78 is 0.690. The molecule has 13 heavy (non-hydrogen) atoms. The molecule has 4 nitrogen and oxygen atoms in total. The highest BCUT2D eigenvalue weighted by molar-refractivity contribution is 7.71. The molecule has 0 saturated heterocycles. The average Bonchev–Trinajstić information content (AvgIpc) is 2.01. The summed E-state index contributed by atoms with van der Waals surface area (Å²) in [6, 6.07) is 0. The molecule has 6 heteroatoms. The largest absolute Gasteiger partial charge is 0.320 e. The predicted molar refractivity (Wildman–Crippen MR) is 53.7 cm³/mol. The van der Waals surface area contributed by atoms with E-state index < -0.39 is 0 Å². The minimum absolute atomic E-state index is 0.0266. The van der Waals surface area contributed by atoms with Crippen LogP contribution in [-0.2, 0) is 4.79 Å². The van der Waals surface area contributed by atoms with Crippen molar-refractivity contribution >= 4 is 30.2 Å². The molecule has 0 spiro atoms. The number of ketones is 1. The van der Waals surface area contributed by atoms with E-state index in [-0.39, 0.29) is 11.7 Å². The molecular formula is C7H9N3OS2. The third-order valence-electron chi connectivity index (χ3n) is 1.70. The molecule has 0 bridgehead atoms. The number of aromatic amines is 2. The van der Waals surface area contributed by atoms with E-state index in [4.69, 9.17) is 24.4 Å². The van der Waals surface area contributed by atoms with Gasteiger partial charge >= 0.3 is 0 Å². The number of carbonyl (C=O) groups is 1. The number of H-pyrrole nitrogens is 2. The zero-order valence-corrected chi connectivity index (χ0v) is 8.88. The minimum atomic E-state index is -0.294. The van der Waals surface area contributed by atoms with Gasteiger partial charge in [-0.2, -0.15) is 0 Å². The van der Waals surface area contributed by atoms with Crippen molar-refractivity contribution in [3.63, 3.8) is 0 Å². The lowest BCUT2D eigenvalue weighted by atomic mass is 10.1. The van der Waals surface area contributed by atoms with Crippen LogP contribution in [-0.4, -0.2) is 20.7 Å². The monoisotopic (exact) mass is 215 g/mol. The molecule has 0 radical (unpaired) electrons. The van der Waals surface area contributed by atoms with E-state index in [1.54, 1.807) is 6.92 Å². The Kier molecular flexibility index (Phi) is 3.05. The number of hydrogen-bond acceptors (Lipinski definition) is 4. The Bertz CT molecular complexity index is 406. The van der Waals surface area contributed by atoms with Crippen LogP contribution in [0.25, 0.3) is 0 Å². The van der Waals surface area contributed by atoms with Crippen molar-refractivity contribution in [1.29, 1.82) is 0 Å². The summed E-state index contributed by atoms with van der Waals surface area (Å²) >= 11 is 9.69. The maximum Gasteiger partial charge on any atom is 0.200 e. The molecule has 1 heterocycles. The third-order valence-corrected chi connectivity index (χ3v) is 2.10. The van der Waals surface area contributed by atoms with Crippen LogP contribution in [0.5, 0.6) is 0 Å². The lowest BCUT2D eigenvalue weighted by molar-refractivity contribution is -0.118. The van der Waals surface area contributed by atoms with E-state index in [0.29, 0.717) is 15.4 Å². The summed E-state index contributed by atoms with van der Waals surface area (Å²) in [5.74, 6) is 0.248. The van der Waals surface area contributed by atoms with Gasteiger partial charge in [0, 0.05) is 0 Å². The quantitative estimate of drug-likeness (QED) is 0.739. The molecule has 0 aliphatic carbocycles. The number of Topliss-reactive ketones (excluding diaryl/α,β-unsaturated/α-hetero) is 1. The number of hydrogen-bond donors (Lipinski definition) is 2. The van der Waals surface area contributed by atoms with Crippen LogP contribution in [0.3, 0.4) is 0 Å². The summed E-state index contributed by atoms with van der Waals surface area (Å²) in [5, 5.41) is 0. The van der Waals surface area contributed by atoms with Gasteiger partial charge in [-0.25, -0.2) is 4.98 Å². The van der Waals surface area contributed by atoms with Gasteiger partial charge in [0.25, 0.3) is 0 Å². The summed E-state index contributed by atoms with van der Waals surface area (Å²) in [5.41, 5.74) is 0. The van der Waals surface area contributed by atoms with E-state index >= 15 is 0 Å². The van der Waals surface area contributed by atoms with Gasteiger partial charge in [-0.1, -0.05) is 0 Å². The lowest BCUT2D eigenvalue weighted by Gasteiger charge is -2.05. The smallest absolute Gasteiger partial charge is 0.200 e. The second-order valence-corrected chi connectivity index (χ2v) is 3.51. The van der Waals surface area contributed by atoms with Crippen molar-refractivity contribution < 1.29 is 4.79 Å². The Balaban J connectivity index is 3.23. The molecular weight excluding hydrogens is 206 g/mol. The molecule has 0 saturated carbocycles. The first-order valence-corrected chi connectivity index (χ1v) is 4.53. The molecule has 1 rings (SSSR count). The second kappa shape index (κ2) is 3.89. The van der Waals surface area contributed by atoms with Gasteiger partial charge in [-0.15, -0.1) is 0 Å². The van der Waals surface area contributed by atoms with Crippen LogP contribution in [0.15, 0.2) is 0 Å². The third kappa shape index (κ3) is 2.53. The Morgan fingerprint density at radius 3 is 2.54 bits per heavy atom. The maximum atomic E-state index is 11.0. The van der Waals surface area contributed by atoms with E-state index in [1.807, 2.05) is 0 Å². The SMILES string of the molecule is CC(=O)C(C)c1nc(=S)[nH]c(=S)[nH]1. The van der Waals surface area contributed by atoms with Crippen LogP contribution >= 0.6 is 24.4 Å². The standard InChI is InChI=1S/C7H9N3OS2/c1-3(4(2)11)5-8-6(12)10-7(13)9-5/h3H,1-2H3,(H2,8,9,10,12,13). The van der Waals surface area contributed by atoms with Gasteiger partial charge in [-0.05, 0) is 38.3 Å². The maximum absolute atomic E-state index is 11.0. The fraction of sp³-hybridized carbons (Fsp3) is 0.429. The van der Waals surface area contributed by atoms with Crippen molar-refractivity contribution in [2.24, 2.45) is 0 Å². The minimum Gasteiger partial charge on any atom is -0.320 e. The Labute approximate surface area is 85.4 Å². The normalized spacial score (nSPS) is 12.5. The number of rotatable bonds is 2. The molecule has 2 N–H and O–H groups in total. The molecule has 0 fully saturated rings. The van der Waals surface area contributed by atoms with Gasteiger partial charge in [-0.3, -0.25) is 4.79 Å². The van der Waals surface area contributed by atoms with Crippen molar-refractivity contribution in [2.75, 3.05) is 0 Å².